The number of alkyl halides is 6. The number of nitrogens with two attached hydrogens (primary N) is 1. The van der Waals surface area contributed by atoms with Crippen molar-refractivity contribution in [2.75, 3.05) is 34.8 Å². The van der Waals surface area contributed by atoms with E-state index in [0.717, 1.165) is 56.0 Å². The molecule has 4 aromatic carbocycles. The van der Waals surface area contributed by atoms with Crippen molar-refractivity contribution in [3.63, 3.8) is 0 Å². The number of ketones is 1. The van der Waals surface area contributed by atoms with E-state index in [1.165, 1.54) is 36.4 Å². The van der Waals surface area contributed by atoms with Crippen molar-refractivity contribution in [1.29, 1.82) is 0 Å². The molecule has 0 unspecified atom stereocenters. The van der Waals surface area contributed by atoms with Gasteiger partial charge in [-0.1, -0.05) is 30.3 Å². The van der Waals surface area contributed by atoms with Crippen LogP contribution in [0.5, 0.6) is 0 Å². The molecule has 0 amide bonds. The molecule has 0 aliphatic rings. The number of sulfonamides is 2. The van der Waals surface area contributed by atoms with Crippen molar-refractivity contribution in [2.24, 2.45) is 5.73 Å². The van der Waals surface area contributed by atoms with E-state index in [1.54, 1.807) is 0 Å². The lowest BCUT2D eigenvalue weighted by Crippen LogP contribution is -2.30. The Morgan fingerprint density at radius 2 is 1.04 bits per heavy atom. The molecule has 20 heteroatoms. The van der Waals surface area contributed by atoms with Crippen molar-refractivity contribution in [3.05, 3.63) is 130 Å². The van der Waals surface area contributed by atoms with Crippen molar-refractivity contribution < 1.29 is 66.3 Å². The second-order valence-corrected chi connectivity index (χ2v) is 15.2. The number of benzene rings is 4. The molecule has 0 spiro atoms. The first-order valence-corrected chi connectivity index (χ1v) is 18.7. The van der Waals surface area contributed by atoms with Gasteiger partial charge >= 0.3 is 18.3 Å². The van der Waals surface area contributed by atoms with Crippen LogP contribution in [0.1, 0.15) is 43.0 Å². The summed E-state index contributed by atoms with van der Waals surface area (Å²) in [6.45, 7) is -1.41. The summed E-state index contributed by atoms with van der Waals surface area (Å²) < 4.78 is 160. The highest BCUT2D eigenvalue weighted by Gasteiger charge is 2.33. The minimum atomic E-state index is -4.66. The highest BCUT2D eigenvalue weighted by Crippen LogP contribution is 2.34. The van der Waals surface area contributed by atoms with Gasteiger partial charge in [0.25, 0.3) is 0 Å². The zero-order valence-electron chi connectivity index (χ0n) is 28.4. The predicted octanol–water partition coefficient (Wildman–Crippen LogP) is 6.55. The predicted molar refractivity (Wildman–Crippen MR) is 182 cm³/mol. The first-order valence-electron chi connectivity index (χ1n) is 15.0. The van der Waals surface area contributed by atoms with E-state index < -0.39 is 80.0 Å². The lowest BCUT2D eigenvalue weighted by atomic mass is 10.1. The molecule has 2 N–H and O–H groups in total. The average Bonchev–Trinajstić information content (AvgIpc) is 3.08. The van der Waals surface area contributed by atoms with Gasteiger partial charge in [-0.25, -0.2) is 30.4 Å². The average molecular weight is 810 g/mol. The van der Waals surface area contributed by atoms with E-state index in [4.69, 9.17) is 5.73 Å². The third-order valence-corrected chi connectivity index (χ3v) is 9.67. The molecule has 0 fully saturated rings. The minimum absolute atomic E-state index is 0.0173. The molecule has 0 aliphatic carbocycles. The van der Waals surface area contributed by atoms with Crippen LogP contribution in [0.25, 0.3) is 0 Å². The van der Waals surface area contributed by atoms with E-state index >= 15 is 0 Å². The number of carbonyl (C=O) groups excluding carboxylic acids is 2. The Morgan fingerprint density at radius 3 is 1.37 bits per heavy atom. The van der Waals surface area contributed by atoms with Gasteiger partial charge in [0.15, 0.2) is 5.78 Å². The molecule has 4 rings (SSSR count). The Labute approximate surface area is 304 Å². The summed E-state index contributed by atoms with van der Waals surface area (Å²) in [5, 5.41) is 0. The first kappa shape index (κ1) is 43.3. The van der Waals surface area contributed by atoms with Crippen LogP contribution < -0.4 is 14.3 Å². The van der Waals surface area contributed by atoms with Crippen molar-refractivity contribution in [3.8, 4) is 0 Å². The molecule has 10 nitrogen and oxygen atoms in total. The third kappa shape index (κ3) is 11.5. The van der Waals surface area contributed by atoms with Crippen molar-refractivity contribution in [1.82, 2.24) is 0 Å². The monoisotopic (exact) mass is 809 g/mol. The number of carbonyl (C=O) groups is 2. The summed E-state index contributed by atoms with van der Waals surface area (Å²) in [4.78, 5) is 22.9. The quantitative estimate of drug-likeness (QED) is 0.102. The molecule has 4 aromatic rings. The fourth-order valence-corrected chi connectivity index (χ4v) is 6.41. The summed E-state index contributed by atoms with van der Waals surface area (Å²) in [6, 6.07) is 14.1. The van der Waals surface area contributed by atoms with Crippen LogP contribution in [0, 0.1) is 11.6 Å². The van der Waals surface area contributed by atoms with E-state index in [2.05, 4.69) is 4.74 Å². The van der Waals surface area contributed by atoms with Gasteiger partial charge in [-0.05, 0) is 54.6 Å². The van der Waals surface area contributed by atoms with Gasteiger partial charge in [-0.3, -0.25) is 13.4 Å². The Bertz CT molecular complexity index is 2070. The molecule has 0 saturated heterocycles. The zero-order valence-corrected chi connectivity index (χ0v) is 30.0. The van der Waals surface area contributed by atoms with E-state index in [9.17, 15) is 61.5 Å². The smallest absolute Gasteiger partial charge is 0.416 e. The topological polar surface area (TPSA) is 144 Å². The summed E-state index contributed by atoms with van der Waals surface area (Å²) in [7, 11) is -6.91. The molecule has 0 radical (unpaired) electrons. The molecule has 0 aromatic heterocycles. The number of methoxy groups -OCH3 is 1. The van der Waals surface area contributed by atoms with E-state index in [0.29, 0.717) is 20.7 Å². The number of rotatable bonds is 11. The van der Waals surface area contributed by atoms with Gasteiger partial charge in [0.2, 0.25) is 20.0 Å². The number of halogens is 8. The molecular weight excluding hydrogens is 779 g/mol. The molecule has 54 heavy (non-hydrogen) atoms. The number of ether oxygens (including phenoxy) is 1. The summed E-state index contributed by atoms with van der Waals surface area (Å²) in [6.07, 6.45) is -7.72. The van der Waals surface area contributed by atoms with Crippen LogP contribution in [0.15, 0.2) is 84.9 Å². The standard InChI is InChI=1S/C17H16F4N2O3S.C17H15F4NO4S/c1-27(25,26)23(14-4-2-3-13(8-14)17(19,20)21)10-12-6-5-11(7-15(12)18)16(24)9-22;1-26-16(23)11-6-7-12(15(18)8-11)10-22(27(2,24)25)14-5-3-4-13(9-14)17(19,20)21/h2-8H,9-10,22H2,1H3;3-9H,10H2,1-2H3. The molecule has 0 heterocycles. The highest BCUT2D eigenvalue weighted by atomic mass is 32.2. The lowest BCUT2D eigenvalue weighted by Gasteiger charge is -2.23. The highest BCUT2D eigenvalue weighted by molar-refractivity contribution is 7.92. The van der Waals surface area contributed by atoms with Gasteiger partial charge in [0.05, 0.1) is 67.3 Å². The Hall–Kier alpha value is -5.08. The number of hydrogen-bond donors (Lipinski definition) is 1. The van der Waals surface area contributed by atoms with Gasteiger partial charge < -0.3 is 10.5 Å². The SMILES string of the molecule is COC(=O)c1ccc(CN(c2cccc(C(F)(F)F)c2)S(C)(=O)=O)c(F)c1.CS(=O)(=O)N(Cc1ccc(C(=O)CN)cc1F)c1cccc(C(F)(F)F)c1. The molecule has 292 valence electrons. The minimum Gasteiger partial charge on any atom is -0.465 e. The van der Waals surface area contributed by atoms with Crippen LogP contribution in [-0.2, 0) is 50.2 Å². The fraction of sp³-hybridized carbons (Fsp3) is 0.235. The molecular formula is C34H31F8N3O7S2. The summed E-state index contributed by atoms with van der Waals surface area (Å²) >= 11 is 0. The molecule has 0 saturated carbocycles. The normalized spacial score (nSPS) is 12.0. The molecule has 0 atom stereocenters. The zero-order chi connectivity index (χ0) is 40.8. The van der Waals surface area contributed by atoms with Gasteiger partial charge in [-0.2, -0.15) is 26.3 Å². The maximum absolute atomic E-state index is 14.3. The second-order valence-electron chi connectivity index (χ2n) is 11.4. The van der Waals surface area contributed by atoms with Crippen LogP contribution in [0.3, 0.4) is 0 Å². The third-order valence-electron chi connectivity index (χ3n) is 7.39. The van der Waals surface area contributed by atoms with Crippen LogP contribution >= 0.6 is 0 Å². The molecule has 0 bridgehead atoms. The van der Waals surface area contributed by atoms with Gasteiger partial charge in [0, 0.05) is 16.7 Å². The largest absolute Gasteiger partial charge is 0.465 e. The number of hydrogen-bond acceptors (Lipinski definition) is 8. The van der Waals surface area contributed by atoms with Crippen LogP contribution in [0.4, 0.5) is 46.5 Å². The van der Waals surface area contributed by atoms with Gasteiger partial charge in [0.1, 0.15) is 11.6 Å². The summed E-state index contributed by atoms with van der Waals surface area (Å²) in [5.41, 5.74) is 2.34. The molecule has 0 aliphatic heterocycles. The van der Waals surface area contributed by atoms with Crippen LogP contribution in [-0.4, -0.2) is 54.8 Å². The lowest BCUT2D eigenvalue weighted by molar-refractivity contribution is -0.138. The van der Waals surface area contributed by atoms with Crippen molar-refractivity contribution in [2.45, 2.75) is 25.4 Å². The Kier molecular flexibility index (Phi) is 13.6. The van der Waals surface area contributed by atoms with Crippen LogP contribution in [0.2, 0.25) is 0 Å². The Balaban J connectivity index is 0.000000290. The maximum Gasteiger partial charge on any atom is 0.416 e. The van der Waals surface area contributed by atoms with Crippen molar-refractivity contribution >= 4 is 43.2 Å². The van der Waals surface area contributed by atoms with E-state index in [1.807, 2.05) is 0 Å². The fourth-order valence-electron chi connectivity index (χ4n) is 4.67. The van der Waals surface area contributed by atoms with E-state index in [-0.39, 0.29) is 40.2 Å². The Morgan fingerprint density at radius 1 is 0.648 bits per heavy atom. The number of anilines is 2. The van der Waals surface area contributed by atoms with Gasteiger partial charge in [-0.15, -0.1) is 0 Å². The maximum atomic E-state index is 14.3. The number of Topliss-reactive ketones (excluding diaryl/α,β-unsaturated/α-hetero) is 1. The summed E-state index contributed by atoms with van der Waals surface area (Å²) in [5.74, 6) is -3.04. The first-order chi connectivity index (χ1) is 24.9. The number of esters is 1. The second kappa shape index (κ2) is 16.9. The number of nitrogens with zero attached hydrogens (tertiary/aromatic N) is 2.